The van der Waals surface area contributed by atoms with E-state index in [0.29, 0.717) is 35.4 Å². The Morgan fingerprint density at radius 1 is 1.07 bits per heavy atom. The smallest absolute Gasteiger partial charge is 0.422 e. The zero-order chi connectivity index (χ0) is 30.8. The third-order valence-electron chi connectivity index (χ3n) is 7.09. The van der Waals surface area contributed by atoms with E-state index in [1.165, 1.54) is 31.4 Å². The summed E-state index contributed by atoms with van der Waals surface area (Å²) < 4.78 is 53.9. The van der Waals surface area contributed by atoms with Crippen LogP contribution in [0.4, 0.5) is 39.4 Å². The van der Waals surface area contributed by atoms with Crippen LogP contribution in [-0.2, 0) is 5.41 Å². The second kappa shape index (κ2) is 12.1. The highest BCUT2D eigenvalue weighted by Crippen LogP contribution is 2.53. The number of urea groups is 1. The van der Waals surface area contributed by atoms with Gasteiger partial charge in [-0.25, -0.2) is 9.18 Å². The summed E-state index contributed by atoms with van der Waals surface area (Å²) in [5, 5.41) is 17.7. The number of anilines is 3. The fourth-order valence-electron chi connectivity index (χ4n) is 5.06. The number of carbonyl (C=O) groups excluding carboxylic acids is 1. The number of amides is 2. The molecule has 0 radical (unpaired) electrons. The minimum absolute atomic E-state index is 0.0624. The van der Waals surface area contributed by atoms with Crippen LogP contribution in [-0.4, -0.2) is 23.9 Å². The highest BCUT2D eigenvalue weighted by molar-refractivity contribution is 8.05. The molecule has 0 aromatic heterocycles. The van der Waals surface area contributed by atoms with E-state index in [0.717, 1.165) is 16.7 Å². The topological polar surface area (TPSA) is 64.6 Å². The lowest BCUT2D eigenvalue weighted by Crippen LogP contribution is -2.29. The van der Waals surface area contributed by atoms with Gasteiger partial charge in [0.15, 0.2) is 0 Å². The molecule has 0 fully saturated rings. The Hall–Kier alpha value is -3.92. The molecule has 3 aromatic rings. The number of rotatable bonds is 7. The molecular weight excluding hydrogens is 566 g/mol. The number of fused-ring (bicyclic) bond motifs is 1. The van der Waals surface area contributed by atoms with E-state index in [4.69, 9.17) is 0 Å². The predicted molar refractivity (Wildman–Crippen MR) is 163 cm³/mol. The van der Waals surface area contributed by atoms with Crippen LogP contribution >= 0.6 is 11.8 Å². The fraction of sp³-hybridized carbons (Fsp3) is 0.281. The molecule has 0 atom stereocenters. The Balaban J connectivity index is 1.62. The molecule has 5 nitrogen and oxygen atoms in total. The summed E-state index contributed by atoms with van der Waals surface area (Å²) in [6, 6.07) is 16.1. The molecule has 1 aliphatic heterocycles. The van der Waals surface area contributed by atoms with E-state index in [-0.39, 0.29) is 29.3 Å². The van der Waals surface area contributed by atoms with Crippen molar-refractivity contribution in [2.24, 2.45) is 0 Å². The van der Waals surface area contributed by atoms with Crippen LogP contribution in [0.5, 0.6) is 5.75 Å². The molecule has 0 spiro atoms. The van der Waals surface area contributed by atoms with E-state index in [1.807, 2.05) is 23.1 Å². The van der Waals surface area contributed by atoms with Crippen molar-refractivity contribution in [2.75, 3.05) is 16.8 Å². The van der Waals surface area contributed by atoms with Gasteiger partial charge in [-0.3, -0.25) is 0 Å². The van der Waals surface area contributed by atoms with Crippen molar-refractivity contribution >= 4 is 34.9 Å². The Kier molecular flexibility index (Phi) is 8.96. The summed E-state index contributed by atoms with van der Waals surface area (Å²) >= 11 is 0.528. The van der Waals surface area contributed by atoms with Crippen LogP contribution in [0, 0.1) is 5.82 Å². The lowest BCUT2D eigenvalue weighted by Gasteiger charge is -2.25. The molecule has 10 heteroatoms. The number of halogens is 4. The predicted octanol–water partition coefficient (Wildman–Crippen LogP) is 9.59. The number of hydrogen-bond donors (Lipinski definition) is 3. The summed E-state index contributed by atoms with van der Waals surface area (Å²) in [6.07, 6.45) is -4.22. The van der Waals surface area contributed by atoms with Gasteiger partial charge >= 0.3 is 12.2 Å². The number of para-hydroxylation sites is 2. The number of hydrogen-bond acceptors (Lipinski definition) is 4. The van der Waals surface area contributed by atoms with Crippen LogP contribution in [0.15, 0.2) is 82.2 Å². The number of thioether (sulfide) groups is 1. The lowest BCUT2D eigenvalue weighted by molar-refractivity contribution is -0.0843. The average Bonchev–Trinajstić information content (AvgIpc) is 3.20. The van der Waals surface area contributed by atoms with Gasteiger partial charge in [-0.1, -0.05) is 68.4 Å². The van der Waals surface area contributed by atoms with Crippen LogP contribution < -0.4 is 15.5 Å². The first-order valence-corrected chi connectivity index (χ1v) is 14.3. The van der Waals surface area contributed by atoms with Gasteiger partial charge in [0.05, 0.1) is 22.0 Å². The third kappa shape index (κ3) is 6.59. The van der Waals surface area contributed by atoms with Crippen molar-refractivity contribution in [1.82, 2.24) is 5.32 Å². The van der Waals surface area contributed by atoms with Crippen molar-refractivity contribution in [3.8, 4) is 16.9 Å². The first kappa shape index (κ1) is 31.0. The van der Waals surface area contributed by atoms with Gasteiger partial charge in [0.2, 0.25) is 0 Å². The maximum Gasteiger partial charge on any atom is 0.422 e. The van der Waals surface area contributed by atoms with Crippen molar-refractivity contribution in [3.05, 3.63) is 93.6 Å². The normalized spacial score (nSPS) is 15.3. The molecule has 1 aliphatic rings. The van der Waals surface area contributed by atoms with E-state index in [1.54, 1.807) is 37.3 Å². The number of alkyl halides is 3. The first-order chi connectivity index (χ1) is 19.7. The van der Waals surface area contributed by atoms with Gasteiger partial charge in [0.1, 0.15) is 11.6 Å². The number of carbonyl (C=O) groups is 1. The second-order valence-corrected chi connectivity index (χ2v) is 11.7. The quantitative estimate of drug-likeness (QED) is 0.237. The molecule has 2 amide bonds. The minimum atomic E-state index is -4.48. The SMILES string of the molecule is CC/C(C)=C(/S/C=C(\C)NC(=O)Nc1ccccc1N1CC(C)(C)c2c(-c3ccc(F)cc3)ccc(O)c21)C(F)(F)F. The van der Waals surface area contributed by atoms with Crippen LogP contribution in [0.2, 0.25) is 0 Å². The molecule has 0 unspecified atom stereocenters. The standard InChI is InChI=1S/C32H33F4N3O2S/c1-6-19(2)29(32(34,35)36)42-17-20(3)37-30(41)38-24-9-7-8-10-25(24)39-18-31(4,5)27-23(15-16-26(40)28(27)39)21-11-13-22(33)14-12-21/h7-17,40H,6,18H2,1-5H3,(H2,37,38,41)/b20-17+,29-19+. The summed E-state index contributed by atoms with van der Waals surface area (Å²) in [6.45, 7) is 9.20. The minimum Gasteiger partial charge on any atom is -0.506 e. The molecule has 4 rings (SSSR count). The van der Waals surface area contributed by atoms with Crippen molar-refractivity contribution in [3.63, 3.8) is 0 Å². The van der Waals surface area contributed by atoms with Crippen LogP contribution in [0.1, 0.15) is 46.6 Å². The summed E-state index contributed by atoms with van der Waals surface area (Å²) in [7, 11) is 0. The maximum atomic E-state index is 13.6. The van der Waals surface area contributed by atoms with E-state index < -0.39 is 22.5 Å². The summed E-state index contributed by atoms with van der Waals surface area (Å²) in [5.41, 5.74) is 4.26. The zero-order valence-electron chi connectivity index (χ0n) is 24.0. The molecular formula is C32H33F4N3O2S. The highest BCUT2D eigenvalue weighted by atomic mass is 32.2. The zero-order valence-corrected chi connectivity index (χ0v) is 24.8. The number of nitrogens with zero attached hydrogens (tertiary/aromatic N) is 1. The molecule has 42 heavy (non-hydrogen) atoms. The Bertz CT molecular complexity index is 1550. The summed E-state index contributed by atoms with van der Waals surface area (Å²) in [4.78, 5) is 14.2. The number of phenolic OH excluding ortho intramolecular Hbond substituents is 1. The molecule has 1 heterocycles. The third-order valence-corrected chi connectivity index (χ3v) is 8.38. The number of aromatic hydroxyl groups is 1. The fourth-order valence-corrected chi connectivity index (χ4v) is 5.89. The van der Waals surface area contributed by atoms with Gasteiger partial charge in [-0.15, -0.1) is 0 Å². The van der Waals surface area contributed by atoms with Gasteiger partial charge in [0.25, 0.3) is 0 Å². The molecule has 0 saturated heterocycles. The molecule has 0 bridgehead atoms. The monoisotopic (exact) mass is 599 g/mol. The molecule has 222 valence electrons. The second-order valence-electron chi connectivity index (χ2n) is 10.8. The first-order valence-electron chi connectivity index (χ1n) is 13.4. The van der Waals surface area contributed by atoms with E-state index in [2.05, 4.69) is 24.5 Å². The maximum absolute atomic E-state index is 13.6. The van der Waals surface area contributed by atoms with Crippen LogP contribution in [0.3, 0.4) is 0 Å². The van der Waals surface area contributed by atoms with Gasteiger partial charge in [-0.05, 0) is 72.7 Å². The van der Waals surface area contributed by atoms with Crippen molar-refractivity contribution < 1.29 is 27.5 Å². The molecule has 3 N–H and O–H groups in total. The lowest BCUT2D eigenvalue weighted by atomic mass is 9.81. The van der Waals surface area contributed by atoms with E-state index >= 15 is 0 Å². The van der Waals surface area contributed by atoms with Crippen LogP contribution in [0.25, 0.3) is 11.1 Å². The van der Waals surface area contributed by atoms with Gasteiger partial charge < -0.3 is 20.6 Å². The van der Waals surface area contributed by atoms with Crippen molar-refractivity contribution in [1.29, 1.82) is 0 Å². The Labute approximate surface area is 247 Å². The number of benzene rings is 3. The molecule has 0 aliphatic carbocycles. The largest absolute Gasteiger partial charge is 0.506 e. The summed E-state index contributed by atoms with van der Waals surface area (Å²) in [5.74, 6) is -0.280. The van der Waals surface area contributed by atoms with Crippen molar-refractivity contribution in [2.45, 2.75) is 52.6 Å². The van der Waals surface area contributed by atoms with Gasteiger partial charge in [0, 0.05) is 17.7 Å². The van der Waals surface area contributed by atoms with Gasteiger partial charge in [-0.2, -0.15) is 13.2 Å². The highest BCUT2D eigenvalue weighted by Gasteiger charge is 2.41. The Morgan fingerprint density at radius 2 is 1.74 bits per heavy atom. The Morgan fingerprint density at radius 3 is 2.38 bits per heavy atom. The number of allylic oxidation sites excluding steroid dienone is 3. The average molecular weight is 600 g/mol. The molecule has 0 saturated carbocycles. The van der Waals surface area contributed by atoms with E-state index in [9.17, 15) is 27.5 Å². The number of nitrogens with one attached hydrogen (secondary N) is 2. The number of phenols is 1. The molecule has 3 aromatic carbocycles.